The van der Waals surface area contributed by atoms with Crippen LogP contribution in [0.25, 0.3) is 0 Å². The molecule has 102 valence electrons. The lowest BCUT2D eigenvalue weighted by molar-refractivity contribution is 0.101. The molecule has 1 heterocycles. The molecule has 5 heteroatoms. The molecule has 20 heavy (non-hydrogen) atoms. The first-order valence-corrected chi connectivity index (χ1v) is 6.58. The Morgan fingerprint density at radius 3 is 2.45 bits per heavy atom. The van der Waals surface area contributed by atoms with Crippen LogP contribution in [0.3, 0.4) is 0 Å². The molecule has 0 amide bonds. The van der Waals surface area contributed by atoms with Gasteiger partial charge in [-0.15, -0.1) is 0 Å². The maximum absolute atomic E-state index is 11.2. The Labute approximate surface area is 123 Å². The van der Waals surface area contributed by atoms with E-state index in [4.69, 9.17) is 12.2 Å². The Kier molecular flexibility index (Phi) is 4.42. The van der Waals surface area contributed by atoms with Crippen LogP contribution in [0.15, 0.2) is 42.6 Å². The third kappa shape index (κ3) is 3.61. The number of carbonyl (C=O) groups is 1. The molecule has 0 fully saturated rings. The van der Waals surface area contributed by atoms with Crippen LogP contribution in [-0.4, -0.2) is 15.9 Å². The number of anilines is 2. The lowest BCUT2D eigenvalue weighted by Gasteiger charge is -2.11. The summed E-state index contributed by atoms with van der Waals surface area (Å²) >= 11 is 5.23. The highest BCUT2D eigenvalue weighted by Crippen LogP contribution is 2.12. The first kappa shape index (κ1) is 14.1. The van der Waals surface area contributed by atoms with E-state index < -0.39 is 0 Å². The van der Waals surface area contributed by atoms with Crippen LogP contribution < -0.4 is 10.6 Å². The number of nitrogens with one attached hydrogen (secondary N) is 2. The van der Waals surface area contributed by atoms with Crippen LogP contribution in [-0.2, 0) is 0 Å². The van der Waals surface area contributed by atoms with Crippen LogP contribution in [0.2, 0.25) is 0 Å². The summed E-state index contributed by atoms with van der Waals surface area (Å²) in [5.74, 6) is 0.770. The van der Waals surface area contributed by atoms with E-state index >= 15 is 0 Å². The van der Waals surface area contributed by atoms with Crippen molar-refractivity contribution in [1.82, 2.24) is 4.98 Å². The molecule has 0 aliphatic heterocycles. The molecular weight excluding hydrogens is 270 g/mol. The standard InChI is InChI=1S/C15H15N3OS/c1-10-4-3-9-16-14(10)18-15(20)17-13-7-5-12(6-8-13)11(2)19/h3-9H,1-2H3,(H2,16,17,18,20). The fourth-order valence-electron chi connectivity index (χ4n) is 1.67. The topological polar surface area (TPSA) is 54.0 Å². The van der Waals surface area contributed by atoms with Crippen molar-refractivity contribution in [3.63, 3.8) is 0 Å². The molecule has 1 aromatic carbocycles. The molecule has 0 unspecified atom stereocenters. The van der Waals surface area contributed by atoms with Gasteiger partial charge in [-0.3, -0.25) is 4.79 Å². The van der Waals surface area contributed by atoms with Crippen LogP contribution in [0.1, 0.15) is 22.8 Å². The van der Waals surface area contributed by atoms with E-state index in [0.717, 1.165) is 17.1 Å². The van der Waals surface area contributed by atoms with E-state index in [9.17, 15) is 4.79 Å². The summed E-state index contributed by atoms with van der Waals surface area (Å²) < 4.78 is 0. The second kappa shape index (κ2) is 6.25. The summed E-state index contributed by atoms with van der Waals surface area (Å²) in [6.45, 7) is 3.50. The Morgan fingerprint density at radius 2 is 1.85 bits per heavy atom. The zero-order valence-corrected chi connectivity index (χ0v) is 12.1. The molecule has 4 nitrogen and oxygen atoms in total. The predicted octanol–water partition coefficient (Wildman–Crippen LogP) is 3.40. The van der Waals surface area contributed by atoms with Crippen molar-refractivity contribution >= 4 is 34.6 Å². The molecule has 0 saturated heterocycles. The number of hydrogen-bond donors (Lipinski definition) is 2. The number of rotatable bonds is 3. The minimum atomic E-state index is 0.0429. The van der Waals surface area contributed by atoms with E-state index in [1.54, 1.807) is 25.3 Å². The smallest absolute Gasteiger partial charge is 0.176 e. The second-order valence-electron chi connectivity index (χ2n) is 4.38. The summed E-state index contributed by atoms with van der Waals surface area (Å²) in [5.41, 5.74) is 2.51. The van der Waals surface area contributed by atoms with Crippen LogP contribution >= 0.6 is 12.2 Å². The number of Topliss-reactive ketones (excluding diaryl/α,β-unsaturated/α-hetero) is 1. The third-order valence-electron chi connectivity index (χ3n) is 2.79. The zero-order chi connectivity index (χ0) is 14.5. The Bertz CT molecular complexity index is 638. The lowest BCUT2D eigenvalue weighted by atomic mass is 10.1. The summed E-state index contributed by atoms with van der Waals surface area (Å²) in [6.07, 6.45) is 1.71. The molecule has 0 aliphatic rings. The SMILES string of the molecule is CC(=O)c1ccc(NC(=S)Nc2ncccc2C)cc1. The summed E-state index contributed by atoms with van der Waals surface area (Å²) in [6, 6.07) is 11.0. The van der Waals surface area contributed by atoms with Gasteiger partial charge < -0.3 is 10.6 Å². The number of nitrogens with zero attached hydrogens (tertiary/aromatic N) is 1. The average Bonchev–Trinajstić information content (AvgIpc) is 2.42. The number of aryl methyl sites for hydroxylation is 1. The van der Waals surface area contributed by atoms with Crippen LogP contribution in [0.4, 0.5) is 11.5 Å². The molecule has 0 aliphatic carbocycles. The second-order valence-corrected chi connectivity index (χ2v) is 4.79. The highest BCUT2D eigenvalue weighted by Gasteiger charge is 2.03. The van der Waals surface area contributed by atoms with Gasteiger partial charge in [0.1, 0.15) is 5.82 Å². The number of benzene rings is 1. The van der Waals surface area contributed by atoms with Gasteiger partial charge in [0, 0.05) is 17.4 Å². The zero-order valence-electron chi connectivity index (χ0n) is 11.3. The van der Waals surface area contributed by atoms with Crippen molar-refractivity contribution in [2.24, 2.45) is 0 Å². The monoisotopic (exact) mass is 285 g/mol. The first-order valence-electron chi connectivity index (χ1n) is 6.17. The van der Waals surface area contributed by atoms with Gasteiger partial charge in [-0.05, 0) is 62.0 Å². The largest absolute Gasteiger partial charge is 0.332 e. The average molecular weight is 285 g/mol. The van der Waals surface area contributed by atoms with Crippen molar-refractivity contribution < 1.29 is 4.79 Å². The van der Waals surface area contributed by atoms with Crippen molar-refractivity contribution in [3.8, 4) is 0 Å². The van der Waals surface area contributed by atoms with Crippen LogP contribution in [0.5, 0.6) is 0 Å². The number of aromatic nitrogens is 1. The van der Waals surface area contributed by atoms with Gasteiger partial charge >= 0.3 is 0 Å². The fourth-order valence-corrected chi connectivity index (χ4v) is 1.89. The first-order chi connectivity index (χ1) is 9.56. The maximum atomic E-state index is 11.2. The summed E-state index contributed by atoms with van der Waals surface area (Å²) in [7, 11) is 0. The van der Waals surface area contributed by atoms with Gasteiger partial charge in [0.2, 0.25) is 0 Å². The number of pyridine rings is 1. The molecule has 2 aromatic rings. The number of ketones is 1. The molecule has 0 bridgehead atoms. The van der Waals surface area contributed by atoms with Gasteiger partial charge in [0.25, 0.3) is 0 Å². The molecule has 0 spiro atoms. The van der Waals surface area contributed by atoms with E-state index in [2.05, 4.69) is 15.6 Å². The maximum Gasteiger partial charge on any atom is 0.176 e. The number of carbonyl (C=O) groups excluding carboxylic acids is 1. The lowest BCUT2D eigenvalue weighted by Crippen LogP contribution is -2.20. The summed E-state index contributed by atoms with van der Waals surface area (Å²) in [4.78, 5) is 15.4. The Hall–Kier alpha value is -2.27. The Morgan fingerprint density at radius 1 is 1.15 bits per heavy atom. The minimum Gasteiger partial charge on any atom is -0.332 e. The van der Waals surface area contributed by atoms with E-state index in [-0.39, 0.29) is 5.78 Å². The third-order valence-corrected chi connectivity index (χ3v) is 2.99. The minimum absolute atomic E-state index is 0.0429. The van der Waals surface area contributed by atoms with Crippen LogP contribution in [0, 0.1) is 6.92 Å². The van der Waals surface area contributed by atoms with Gasteiger partial charge in [-0.2, -0.15) is 0 Å². The predicted molar refractivity (Wildman–Crippen MR) is 85.3 cm³/mol. The van der Waals surface area contributed by atoms with E-state index in [0.29, 0.717) is 10.7 Å². The molecular formula is C15H15N3OS. The Balaban J connectivity index is 2.01. The summed E-state index contributed by atoms with van der Waals surface area (Å²) in [5, 5.41) is 6.55. The molecule has 2 rings (SSSR count). The normalized spacial score (nSPS) is 9.90. The van der Waals surface area contributed by atoms with Crippen molar-refractivity contribution in [1.29, 1.82) is 0 Å². The van der Waals surface area contributed by atoms with Gasteiger partial charge in [0.15, 0.2) is 10.9 Å². The molecule has 2 N–H and O–H groups in total. The molecule has 1 aromatic heterocycles. The van der Waals surface area contributed by atoms with Gasteiger partial charge in [-0.25, -0.2) is 4.98 Å². The van der Waals surface area contributed by atoms with Crippen molar-refractivity contribution in [3.05, 3.63) is 53.7 Å². The van der Waals surface area contributed by atoms with Crippen molar-refractivity contribution in [2.75, 3.05) is 10.6 Å². The highest BCUT2D eigenvalue weighted by atomic mass is 32.1. The highest BCUT2D eigenvalue weighted by molar-refractivity contribution is 7.80. The number of thiocarbonyl (C=S) groups is 1. The quantitative estimate of drug-likeness (QED) is 0.668. The fraction of sp³-hybridized carbons (Fsp3) is 0.133. The molecule has 0 radical (unpaired) electrons. The number of hydrogen-bond acceptors (Lipinski definition) is 3. The molecule has 0 saturated carbocycles. The van der Waals surface area contributed by atoms with Gasteiger partial charge in [-0.1, -0.05) is 6.07 Å². The van der Waals surface area contributed by atoms with Crippen molar-refractivity contribution in [2.45, 2.75) is 13.8 Å². The van der Waals surface area contributed by atoms with Gasteiger partial charge in [0.05, 0.1) is 0 Å². The van der Waals surface area contributed by atoms with E-state index in [1.807, 2.05) is 31.2 Å². The molecule has 0 atom stereocenters. The van der Waals surface area contributed by atoms with E-state index in [1.165, 1.54) is 0 Å².